The van der Waals surface area contributed by atoms with Crippen LogP contribution in [0.15, 0.2) is 11.6 Å². The van der Waals surface area contributed by atoms with E-state index in [4.69, 9.17) is 0 Å². The second kappa shape index (κ2) is 9.98. The first-order valence-corrected chi connectivity index (χ1v) is 12.6. The molecule has 0 aromatic rings. The SMILES string of the molecule is CC.CC(C)CCCCC1CCCC(C)C/C=C2/CC(C)CC23CCC13C. The van der Waals surface area contributed by atoms with Crippen LogP contribution in [0, 0.1) is 34.5 Å². The molecule has 0 aromatic carbocycles. The van der Waals surface area contributed by atoms with Crippen LogP contribution in [0.4, 0.5) is 0 Å². The molecule has 158 valence electrons. The van der Waals surface area contributed by atoms with Crippen molar-refractivity contribution in [1.29, 1.82) is 0 Å². The van der Waals surface area contributed by atoms with Gasteiger partial charge in [-0.25, -0.2) is 0 Å². The Bertz CT molecular complexity index is 472. The van der Waals surface area contributed by atoms with E-state index < -0.39 is 0 Å². The molecule has 1 spiro atoms. The van der Waals surface area contributed by atoms with Crippen LogP contribution in [-0.4, -0.2) is 0 Å². The van der Waals surface area contributed by atoms with E-state index in [0.29, 0.717) is 10.8 Å². The van der Waals surface area contributed by atoms with E-state index in [9.17, 15) is 0 Å². The van der Waals surface area contributed by atoms with E-state index in [1.54, 1.807) is 0 Å². The van der Waals surface area contributed by atoms with E-state index in [-0.39, 0.29) is 0 Å². The van der Waals surface area contributed by atoms with Crippen molar-refractivity contribution in [3.8, 4) is 0 Å². The van der Waals surface area contributed by atoms with Crippen molar-refractivity contribution >= 4 is 0 Å². The smallest absolute Gasteiger partial charge is 0.00288 e. The fourth-order valence-electron chi connectivity index (χ4n) is 6.82. The lowest BCUT2D eigenvalue weighted by atomic mass is 9.42. The molecule has 0 heterocycles. The Morgan fingerprint density at radius 3 is 2.41 bits per heavy atom. The molecule has 2 fully saturated rings. The molecule has 5 unspecified atom stereocenters. The van der Waals surface area contributed by atoms with E-state index in [0.717, 1.165) is 23.7 Å². The van der Waals surface area contributed by atoms with Gasteiger partial charge in [-0.05, 0) is 79.4 Å². The fraction of sp³-hybridized carbons (Fsp3) is 0.926. The van der Waals surface area contributed by atoms with Crippen LogP contribution in [0.25, 0.3) is 0 Å². The summed E-state index contributed by atoms with van der Waals surface area (Å²) in [6.07, 6.45) is 20.2. The molecule has 0 bridgehead atoms. The zero-order chi connectivity index (χ0) is 20.1. The average Bonchev–Trinajstić information content (AvgIpc) is 3.00. The minimum absolute atomic E-state index is 0.603. The van der Waals surface area contributed by atoms with Crippen LogP contribution in [0.5, 0.6) is 0 Å². The Labute approximate surface area is 172 Å². The molecule has 0 N–H and O–H groups in total. The van der Waals surface area contributed by atoms with Crippen LogP contribution < -0.4 is 0 Å². The third-order valence-corrected chi connectivity index (χ3v) is 8.55. The maximum atomic E-state index is 2.73. The Balaban J connectivity index is 0.00000126. The topological polar surface area (TPSA) is 0 Å². The summed E-state index contributed by atoms with van der Waals surface area (Å²) in [4.78, 5) is 0. The zero-order valence-corrected chi connectivity index (χ0v) is 19.9. The molecule has 3 rings (SSSR count). The molecule has 0 radical (unpaired) electrons. The van der Waals surface area contributed by atoms with E-state index in [1.165, 1.54) is 77.0 Å². The fourth-order valence-corrected chi connectivity index (χ4v) is 6.82. The molecule has 2 saturated carbocycles. The summed E-state index contributed by atoms with van der Waals surface area (Å²) >= 11 is 0. The van der Waals surface area contributed by atoms with E-state index >= 15 is 0 Å². The van der Waals surface area contributed by atoms with Gasteiger partial charge in [-0.2, -0.15) is 0 Å². The van der Waals surface area contributed by atoms with Gasteiger partial charge < -0.3 is 0 Å². The highest BCUT2D eigenvalue weighted by atomic mass is 14.7. The molecule has 3 aliphatic carbocycles. The maximum absolute atomic E-state index is 2.73. The van der Waals surface area contributed by atoms with Gasteiger partial charge in [-0.15, -0.1) is 0 Å². The van der Waals surface area contributed by atoms with Gasteiger partial charge in [-0.1, -0.05) is 92.2 Å². The van der Waals surface area contributed by atoms with Gasteiger partial charge in [0.25, 0.3) is 0 Å². The van der Waals surface area contributed by atoms with Crippen molar-refractivity contribution < 1.29 is 0 Å². The van der Waals surface area contributed by atoms with Crippen LogP contribution >= 0.6 is 0 Å². The number of allylic oxidation sites excluding steroid dienone is 2. The highest BCUT2D eigenvalue weighted by Gasteiger charge is 2.62. The van der Waals surface area contributed by atoms with Gasteiger partial charge in [0, 0.05) is 0 Å². The third kappa shape index (κ3) is 4.84. The van der Waals surface area contributed by atoms with Crippen molar-refractivity contribution in [2.75, 3.05) is 0 Å². The zero-order valence-electron chi connectivity index (χ0n) is 19.9. The first-order chi connectivity index (χ1) is 12.9. The van der Waals surface area contributed by atoms with E-state index in [2.05, 4.69) is 40.7 Å². The van der Waals surface area contributed by atoms with Crippen LogP contribution in [-0.2, 0) is 0 Å². The number of hydrogen-bond acceptors (Lipinski definition) is 0. The second-order valence-electron chi connectivity index (χ2n) is 10.9. The van der Waals surface area contributed by atoms with E-state index in [1.807, 2.05) is 19.4 Å². The largest absolute Gasteiger partial charge is 0.0845 e. The molecule has 0 nitrogen and oxygen atoms in total. The molecule has 0 amide bonds. The Morgan fingerprint density at radius 1 is 1.04 bits per heavy atom. The summed E-state index contributed by atoms with van der Waals surface area (Å²) < 4.78 is 0. The lowest BCUT2D eigenvalue weighted by Gasteiger charge is -2.62. The van der Waals surface area contributed by atoms with Gasteiger partial charge in [-0.3, -0.25) is 0 Å². The third-order valence-electron chi connectivity index (χ3n) is 8.55. The summed E-state index contributed by atoms with van der Waals surface area (Å²) in [5.41, 5.74) is 3.11. The van der Waals surface area contributed by atoms with Crippen molar-refractivity contribution in [2.45, 2.75) is 126 Å². The van der Waals surface area contributed by atoms with Crippen molar-refractivity contribution in [2.24, 2.45) is 34.5 Å². The molecule has 0 aliphatic heterocycles. The molecule has 3 aliphatic rings. The first-order valence-electron chi connectivity index (χ1n) is 12.6. The number of unbranched alkanes of at least 4 members (excludes halogenated alkanes) is 1. The molecule has 0 saturated heterocycles. The predicted molar refractivity (Wildman–Crippen MR) is 122 cm³/mol. The van der Waals surface area contributed by atoms with Gasteiger partial charge in [0.2, 0.25) is 0 Å². The molecule has 0 aromatic heterocycles. The lowest BCUT2D eigenvalue weighted by Crippen LogP contribution is -2.53. The number of rotatable bonds is 5. The van der Waals surface area contributed by atoms with Crippen molar-refractivity contribution in [3.63, 3.8) is 0 Å². The highest BCUT2D eigenvalue weighted by Crippen LogP contribution is 2.72. The van der Waals surface area contributed by atoms with Crippen molar-refractivity contribution in [1.82, 2.24) is 0 Å². The van der Waals surface area contributed by atoms with Gasteiger partial charge in [0.1, 0.15) is 0 Å². The Morgan fingerprint density at radius 2 is 1.78 bits per heavy atom. The number of hydrogen-bond donors (Lipinski definition) is 0. The standard InChI is InChI=1S/C25H44.C2H6/c1-19(2)9-6-7-11-22-12-8-10-20(3)13-14-23-17-21(4)18-25(23)16-15-24(22,25)5;1-2/h14,19-22H,6-13,15-18H2,1-5H3;1-2H3/b23-14-;. The summed E-state index contributed by atoms with van der Waals surface area (Å²) in [7, 11) is 0. The highest BCUT2D eigenvalue weighted by molar-refractivity contribution is 5.30. The Kier molecular flexibility index (Phi) is 8.51. The molecular formula is C27H50. The van der Waals surface area contributed by atoms with Gasteiger partial charge in [0.05, 0.1) is 0 Å². The molecule has 27 heavy (non-hydrogen) atoms. The second-order valence-corrected chi connectivity index (χ2v) is 10.9. The minimum Gasteiger partial charge on any atom is -0.0845 e. The normalized spacial score (nSPS) is 40.7. The maximum Gasteiger partial charge on any atom is -0.00288 e. The summed E-state index contributed by atoms with van der Waals surface area (Å²) in [5, 5.41) is 0. The van der Waals surface area contributed by atoms with Crippen LogP contribution in [0.2, 0.25) is 0 Å². The van der Waals surface area contributed by atoms with Gasteiger partial charge >= 0.3 is 0 Å². The van der Waals surface area contributed by atoms with Gasteiger partial charge in [0.15, 0.2) is 0 Å². The first kappa shape index (κ1) is 23.0. The molecule has 0 heteroatoms. The van der Waals surface area contributed by atoms with Crippen molar-refractivity contribution in [3.05, 3.63) is 11.6 Å². The van der Waals surface area contributed by atoms with Crippen LogP contribution in [0.3, 0.4) is 0 Å². The quantitative estimate of drug-likeness (QED) is 0.332. The molecular weight excluding hydrogens is 324 g/mol. The summed E-state index contributed by atoms with van der Waals surface area (Å²) in [6.45, 7) is 16.5. The lowest BCUT2D eigenvalue weighted by molar-refractivity contribution is -0.0906. The molecule has 5 atom stereocenters. The monoisotopic (exact) mass is 374 g/mol. The summed E-state index contributed by atoms with van der Waals surface area (Å²) in [6, 6.07) is 0. The summed E-state index contributed by atoms with van der Waals surface area (Å²) in [5.74, 6) is 3.67. The van der Waals surface area contributed by atoms with Crippen LogP contribution in [0.1, 0.15) is 126 Å². The minimum atomic E-state index is 0.603. The average molecular weight is 375 g/mol. The predicted octanol–water partition coefficient (Wildman–Crippen LogP) is 9.20. The Hall–Kier alpha value is -0.260.